The Kier molecular flexibility index (Phi) is 5.49. The molecule has 1 atom stereocenters. The first-order chi connectivity index (χ1) is 12.0. The predicted octanol–water partition coefficient (Wildman–Crippen LogP) is 1.77. The van der Waals surface area contributed by atoms with Crippen LogP contribution >= 0.6 is 0 Å². The number of benzene rings is 1. The molecule has 2 heterocycles. The van der Waals surface area contributed by atoms with Gasteiger partial charge in [-0.05, 0) is 57.0 Å². The lowest BCUT2D eigenvalue weighted by Gasteiger charge is -2.41. The number of piperidine rings is 1. The van der Waals surface area contributed by atoms with Gasteiger partial charge in [0, 0.05) is 18.7 Å². The van der Waals surface area contributed by atoms with E-state index in [0.717, 1.165) is 25.9 Å². The van der Waals surface area contributed by atoms with Crippen LogP contribution in [0.3, 0.4) is 0 Å². The second kappa shape index (κ2) is 7.62. The number of methoxy groups -OCH3 is 2. The minimum Gasteiger partial charge on any atom is -0.493 e. The fourth-order valence-electron chi connectivity index (χ4n) is 3.92. The molecule has 6 heteroatoms. The summed E-state index contributed by atoms with van der Waals surface area (Å²) in [6.45, 7) is 3.81. The van der Waals surface area contributed by atoms with Crippen molar-refractivity contribution in [3.63, 3.8) is 0 Å². The number of β-amino-alcohol motifs (C(OH)–C–C–N with tert-alkyl or cyclic N) is 1. The van der Waals surface area contributed by atoms with E-state index >= 15 is 0 Å². The summed E-state index contributed by atoms with van der Waals surface area (Å²) in [6.07, 6.45) is 3.97. The van der Waals surface area contributed by atoms with Crippen molar-refractivity contribution >= 4 is 5.91 Å². The van der Waals surface area contributed by atoms with Gasteiger partial charge in [0.15, 0.2) is 11.5 Å². The SMILES string of the molecule is COc1ccc(C(=O)N2CCC[C@](O)(CN3CCCC3)C2)cc1OC. The number of carbonyl (C=O) groups is 1. The molecule has 0 saturated carbocycles. The molecule has 1 aromatic rings. The average molecular weight is 348 g/mol. The van der Waals surface area contributed by atoms with Crippen molar-refractivity contribution < 1.29 is 19.4 Å². The first-order valence-corrected chi connectivity index (χ1v) is 9.01. The van der Waals surface area contributed by atoms with E-state index in [1.807, 2.05) is 0 Å². The van der Waals surface area contributed by atoms with Crippen LogP contribution < -0.4 is 9.47 Å². The van der Waals surface area contributed by atoms with Crippen molar-refractivity contribution in [1.82, 2.24) is 9.80 Å². The standard InChI is InChI=1S/C19H28N2O4/c1-24-16-7-6-15(12-17(16)25-2)18(22)21-11-5-8-19(23,14-21)13-20-9-3-4-10-20/h6-7,12,23H,3-5,8-11,13-14H2,1-2H3/t19-/m0/s1. The summed E-state index contributed by atoms with van der Waals surface area (Å²) in [5.74, 6) is 1.07. The zero-order valence-corrected chi connectivity index (χ0v) is 15.2. The van der Waals surface area contributed by atoms with Gasteiger partial charge in [-0.2, -0.15) is 0 Å². The van der Waals surface area contributed by atoms with Gasteiger partial charge in [0.2, 0.25) is 0 Å². The van der Waals surface area contributed by atoms with E-state index in [1.54, 1.807) is 37.3 Å². The maximum absolute atomic E-state index is 12.9. The highest BCUT2D eigenvalue weighted by molar-refractivity contribution is 5.95. The molecular weight excluding hydrogens is 320 g/mol. The summed E-state index contributed by atoms with van der Waals surface area (Å²) in [5, 5.41) is 11.0. The summed E-state index contributed by atoms with van der Waals surface area (Å²) in [4.78, 5) is 17.0. The lowest BCUT2D eigenvalue weighted by molar-refractivity contribution is -0.0431. The Morgan fingerprint density at radius 2 is 1.84 bits per heavy atom. The molecule has 1 N–H and O–H groups in total. The maximum atomic E-state index is 12.9. The summed E-state index contributed by atoms with van der Waals surface area (Å²) < 4.78 is 10.5. The molecule has 2 saturated heterocycles. The highest BCUT2D eigenvalue weighted by atomic mass is 16.5. The molecule has 138 valence electrons. The van der Waals surface area contributed by atoms with Crippen molar-refractivity contribution in [2.75, 3.05) is 46.9 Å². The zero-order chi connectivity index (χ0) is 17.9. The number of nitrogens with zero attached hydrogens (tertiary/aromatic N) is 2. The minimum absolute atomic E-state index is 0.0690. The summed E-state index contributed by atoms with van der Waals surface area (Å²) in [6, 6.07) is 5.19. The molecule has 6 nitrogen and oxygen atoms in total. The fraction of sp³-hybridized carbons (Fsp3) is 0.632. The van der Waals surface area contributed by atoms with Gasteiger partial charge in [-0.25, -0.2) is 0 Å². The van der Waals surface area contributed by atoms with E-state index in [9.17, 15) is 9.90 Å². The average Bonchev–Trinajstić information content (AvgIpc) is 3.12. The van der Waals surface area contributed by atoms with Crippen LogP contribution in [0.5, 0.6) is 11.5 Å². The second-order valence-corrected chi connectivity index (χ2v) is 7.11. The molecular formula is C19H28N2O4. The summed E-state index contributed by atoms with van der Waals surface area (Å²) in [7, 11) is 3.13. The number of aliphatic hydroxyl groups is 1. The maximum Gasteiger partial charge on any atom is 0.254 e. The van der Waals surface area contributed by atoms with E-state index in [4.69, 9.17) is 9.47 Å². The molecule has 0 radical (unpaired) electrons. The van der Waals surface area contributed by atoms with Gasteiger partial charge in [0.25, 0.3) is 5.91 Å². The van der Waals surface area contributed by atoms with Crippen LogP contribution in [0.2, 0.25) is 0 Å². The molecule has 0 spiro atoms. The number of likely N-dealkylation sites (tertiary alicyclic amines) is 2. The van der Waals surface area contributed by atoms with Crippen molar-refractivity contribution in [3.05, 3.63) is 23.8 Å². The number of carbonyl (C=O) groups excluding carboxylic acids is 1. The molecule has 1 aromatic carbocycles. The Hall–Kier alpha value is -1.79. The van der Waals surface area contributed by atoms with Crippen molar-refractivity contribution in [1.29, 1.82) is 0 Å². The first kappa shape index (κ1) is 18.0. The van der Waals surface area contributed by atoms with Gasteiger partial charge < -0.3 is 24.4 Å². The third-order valence-corrected chi connectivity index (χ3v) is 5.19. The Labute approximate surface area is 149 Å². The smallest absolute Gasteiger partial charge is 0.254 e. The van der Waals surface area contributed by atoms with Crippen LogP contribution in [0.15, 0.2) is 18.2 Å². The van der Waals surface area contributed by atoms with Gasteiger partial charge in [-0.15, -0.1) is 0 Å². The molecule has 0 aliphatic carbocycles. The van der Waals surface area contributed by atoms with Crippen LogP contribution in [-0.2, 0) is 0 Å². The Morgan fingerprint density at radius 1 is 1.12 bits per heavy atom. The lowest BCUT2D eigenvalue weighted by atomic mass is 9.91. The van der Waals surface area contributed by atoms with Gasteiger partial charge in [0.1, 0.15) is 0 Å². The normalized spacial score (nSPS) is 24.4. The Bertz CT molecular complexity index is 615. The number of rotatable bonds is 5. The van der Waals surface area contributed by atoms with Crippen molar-refractivity contribution in [2.24, 2.45) is 0 Å². The molecule has 0 aromatic heterocycles. The van der Waals surface area contributed by atoms with E-state index in [1.165, 1.54) is 12.8 Å². The van der Waals surface area contributed by atoms with Crippen LogP contribution in [-0.4, -0.2) is 73.4 Å². The van der Waals surface area contributed by atoms with E-state index in [-0.39, 0.29) is 5.91 Å². The molecule has 2 aliphatic heterocycles. The Morgan fingerprint density at radius 3 is 2.52 bits per heavy atom. The third-order valence-electron chi connectivity index (χ3n) is 5.19. The molecule has 2 aliphatic rings. The number of hydrogen-bond acceptors (Lipinski definition) is 5. The van der Waals surface area contributed by atoms with Gasteiger partial charge in [0.05, 0.1) is 26.4 Å². The van der Waals surface area contributed by atoms with E-state index in [0.29, 0.717) is 36.7 Å². The third kappa shape index (κ3) is 4.07. The zero-order valence-electron chi connectivity index (χ0n) is 15.2. The second-order valence-electron chi connectivity index (χ2n) is 7.11. The van der Waals surface area contributed by atoms with Gasteiger partial charge in [-0.1, -0.05) is 0 Å². The van der Waals surface area contributed by atoms with Crippen LogP contribution in [0.1, 0.15) is 36.0 Å². The summed E-state index contributed by atoms with van der Waals surface area (Å²) >= 11 is 0. The monoisotopic (exact) mass is 348 g/mol. The van der Waals surface area contributed by atoms with Crippen LogP contribution in [0.25, 0.3) is 0 Å². The molecule has 3 rings (SSSR count). The number of amides is 1. The van der Waals surface area contributed by atoms with Gasteiger partial charge in [-0.3, -0.25) is 4.79 Å². The minimum atomic E-state index is -0.811. The molecule has 25 heavy (non-hydrogen) atoms. The lowest BCUT2D eigenvalue weighted by Crippen LogP contribution is -2.55. The quantitative estimate of drug-likeness (QED) is 0.879. The van der Waals surface area contributed by atoms with Crippen LogP contribution in [0.4, 0.5) is 0 Å². The first-order valence-electron chi connectivity index (χ1n) is 9.01. The Balaban J connectivity index is 1.71. The number of ether oxygens (including phenoxy) is 2. The molecule has 0 unspecified atom stereocenters. The van der Waals surface area contributed by atoms with Crippen molar-refractivity contribution in [3.8, 4) is 11.5 Å². The van der Waals surface area contributed by atoms with Gasteiger partial charge >= 0.3 is 0 Å². The van der Waals surface area contributed by atoms with E-state index < -0.39 is 5.60 Å². The van der Waals surface area contributed by atoms with Crippen molar-refractivity contribution in [2.45, 2.75) is 31.3 Å². The predicted molar refractivity (Wildman–Crippen MR) is 95.3 cm³/mol. The highest BCUT2D eigenvalue weighted by Gasteiger charge is 2.37. The van der Waals surface area contributed by atoms with Crippen LogP contribution in [0, 0.1) is 0 Å². The number of hydrogen-bond donors (Lipinski definition) is 1. The molecule has 0 bridgehead atoms. The molecule has 2 fully saturated rings. The highest BCUT2D eigenvalue weighted by Crippen LogP contribution is 2.30. The largest absolute Gasteiger partial charge is 0.493 e. The summed E-state index contributed by atoms with van der Waals surface area (Å²) in [5.41, 5.74) is -0.252. The topological polar surface area (TPSA) is 62.2 Å². The van der Waals surface area contributed by atoms with E-state index in [2.05, 4.69) is 4.90 Å². The fourth-order valence-corrected chi connectivity index (χ4v) is 3.92. The molecule has 1 amide bonds.